The van der Waals surface area contributed by atoms with E-state index in [-0.39, 0.29) is 13.1 Å². The summed E-state index contributed by atoms with van der Waals surface area (Å²) in [4.78, 5) is 11.7. The quantitative estimate of drug-likeness (QED) is 0.881. The van der Waals surface area contributed by atoms with E-state index in [0.717, 1.165) is 16.4 Å². The Balaban J connectivity index is 2.42. The molecule has 0 bridgehead atoms. The number of alkyl halides is 3. The van der Waals surface area contributed by atoms with Crippen LogP contribution < -0.4 is 0 Å². The van der Waals surface area contributed by atoms with Gasteiger partial charge in [-0.15, -0.1) is 0 Å². The Bertz CT molecular complexity index is 705. The molecule has 1 fully saturated rings. The highest BCUT2D eigenvalue weighted by atomic mass is 32.2. The number of sulfonamides is 1. The molecule has 23 heavy (non-hydrogen) atoms. The lowest BCUT2D eigenvalue weighted by Crippen LogP contribution is -2.56. The first-order valence-electron chi connectivity index (χ1n) is 6.64. The van der Waals surface area contributed by atoms with Crippen molar-refractivity contribution in [2.24, 2.45) is 0 Å². The third kappa shape index (κ3) is 3.48. The van der Waals surface area contributed by atoms with Gasteiger partial charge in [0.1, 0.15) is 6.04 Å². The summed E-state index contributed by atoms with van der Waals surface area (Å²) in [6.45, 7) is -0.362. The van der Waals surface area contributed by atoms with Gasteiger partial charge in [0, 0.05) is 19.6 Å². The van der Waals surface area contributed by atoms with Crippen LogP contribution in [-0.2, 0) is 21.0 Å². The average Bonchev–Trinajstić information content (AvgIpc) is 2.46. The van der Waals surface area contributed by atoms with Crippen LogP contribution in [0, 0.1) is 0 Å². The third-order valence-electron chi connectivity index (χ3n) is 3.71. The van der Waals surface area contributed by atoms with Gasteiger partial charge >= 0.3 is 12.1 Å². The van der Waals surface area contributed by atoms with Crippen LogP contribution >= 0.6 is 0 Å². The van der Waals surface area contributed by atoms with Gasteiger partial charge in [0.05, 0.1) is 10.5 Å². The molecule has 2 rings (SSSR count). The fraction of sp³-hybridized carbons (Fsp3) is 0.462. The molecule has 1 saturated heterocycles. The van der Waals surface area contributed by atoms with Gasteiger partial charge in [-0.25, -0.2) is 8.42 Å². The average molecular weight is 352 g/mol. The van der Waals surface area contributed by atoms with Crippen LogP contribution in [0.4, 0.5) is 13.2 Å². The summed E-state index contributed by atoms with van der Waals surface area (Å²) in [5, 5.41) is 9.10. The van der Waals surface area contributed by atoms with Crippen molar-refractivity contribution in [3.05, 3.63) is 29.8 Å². The minimum Gasteiger partial charge on any atom is -0.480 e. The topological polar surface area (TPSA) is 77.9 Å². The molecule has 1 aromatic carbocycles. The normalized spacial score (nSPS) is 21.3. The van der Waals surface area contributed by atoms with E-state index < -0.39 is 45.2 Å². The Morgan fingerprint density at radius 3 is 2.43 bits per heavy atom. The van der Waals surface area contributed by atoms with E-state index in [1.54, 1.807) is 0 Å². The number of carboxylic acids is 1. The van der Waals surface area contributed by atoms with Gasteiger partial charge in [-0.1, -0.05) is 12.1 Å². The maximum absolute atomic E-state index is 13.0. The molecule has 0 radical (unpaired) electrons. The SMILES string of the molecule is CN1CCN(S(=O)(=O)c2ccccc2C(F)(F)F)CC1C(=O)O. The second-order valence-corrected chi connectivity index (χ2v) is 7.10. The van der Waals surface area contributed by atoms with Crippen molar-refractivity contribution in [2.75, 3.05) is 26.7 Å². The van der Waals surface area contributed by atoms with Crippen LogP contribution in [0.3, 0.4) is 0 Å². The lowest BCUT2D eigenvalue weighted by Gasteiger charge is -2.36. The number of aliphatic carboxylic acids is 1. The van der Waals surface area contributed by atoms with Gasteiger partial charge in [0.15, 0.2) is 0 Å². The number of halogens is 3. The first-order chi connectivity index (χ1) is 10.5. The number of carbonyl (C=O) groups is 1. The molecule has 1 unspecified atom stereocenters. The maximum Gasteiger partial charge on any atom is 0.417 e. The second kappa shape index (κ2) is 6.10. The standard InChI is InChI=1S/C13H15F3N2O4S/c1-17-6-7-18(8-10(17)12(19)20)23(21,22)11-5-3-2-4-9(11)13(14,15)16/h2-5,10H,6-8H2,1H3,(H,19,20). The zero-order chi connectivity index (χ0) is 17.4. The number of rotatable bonds is 3. The van der Waals surface area contributed by atoms with Crippen molar-refractivity contribution in [1.29, 1.82) is 0 Å². The summed E-state index contributed by atoms with van der Waals surface area (Å²) < 4.78 is 65.0. The fourth-order valence-corrected chi connectivity index (χ4v) is 4.05. The Morgan fingerprint density at radius 2 is 1.87 bits per heavy atom. The van der Waals surface area contributed by atoms with Crippen molar-refractivity contribution in [1.82, 2.24) is 9.21 Å². The van der Waals surface area contributed by atoms with Gasteiger partial charge in [-0.05, 0) is 19.2 Å². The highest BCUT2D eigenvalue weighted by Crippen LogP contribution is 2.35. The Morgan fingerprint density at radius 1 is 1.26 bits per heavy atom. The van der Waals surface area contributed by atoms with E-state index in [9.17, 15) is 26.4 Å². The summed E-state index contributed by atoms with van der Waals surface area (Å²) in [5.74, 6) is -1.23. The zero-order valence-electron chi connectivity index (χ0n) is 12.1. The summed E-state index contributed by atoms with van der Waals surface area (Å²) in [6, 6.07) is 2.78. The van der Waals surface area contributed by atoms with Gasteiger partial charge in [-0.3, -0.25) is 9.69 Å². The Labute approximate surface area is 131 Å². The van der Waals surface area contributed by atoms with Gasteiger partial charge < -0.3 is 5.11 Å². The van der Waals surface area contributed by atoms with Crippen molar-refractivity contribution >= 4 is 16.0 Å². The van der Waals surface area contributed by atoms with Crippen molar-refractivity contribution in [2.45, 2.75) is 17.1 Å². The highest BCUT2D eigenvalue weighted by molar-refractivity contribution is 7.89. The molecule has 1 atom stereocenters. The molecule has 10 heteroatoms. The molecule has 0 aromatic heterocycles. The molecule has 0 saturated carbocycles. The predicted molar refractivity (Wildman–Crippen MR) is 74.3 cm³/mol. The van der Waals surface area contributed by atoms with Crippen LogP contribution in [0.25, 0.3) is 0 Å². The van der Waals surface area contributed by atoms with Gasteiger partial charge in [-0.2, -0.15) is 17.5 Å². The van der Waals surface area contributed by atoms with Crippen LogP contribution in [0.1, 0.15) is 5.56 Å². The molecule has 1 aliphatic heterocycles. The molecule has 1 aromatic rings. The zero-order valence-corrected chi connectivity index (χ0v) is 12.9. The first kappa shape index (κ1) is 17.7. The van der Waals surface area contributed by atoms with Crippen LogP contribution in [-0.4, -0.2) is 61.4 Å². The van der Waals surface area contributed by atoms with Crippen molar-refractivity contribution < 1.29 is 31.5 Å². The van der Waals surface area contributed by atoms with Gasteiger partial charge in [0.2, 0.25) is 10.0 Å². The van der Waals surface area contributed by atoms with E-state index in [0.29, 0.717) is 6.07 Å². The molecule has 1 aliphatic rings. The maximum atomic E-state index is 13.0. The summed E-state index contributed by atoms with van der Waals surface area (Å²) >= 11 is 0. The Kier molecular flexibility index (Phi) is 4.69. The number of piperazine rings is 1. The molecule has 1 heterocycles. The summed E-state index contributed by atoms with van der Waals surface area (Å²) in [7, 11) is -2.92. The Hall–Kier alpha value is -1.65. The molecule has 1 N–H and O–H groups in total. The predicted octanol–water partition coefficient (Wildman–Crippen LogP) is 1.09. The fourth-order valence-electron chi connectivity index (χ4n) is 2.40. The summed E-state index contributed by atoms with van der Waals surface area (Å²) in [6.07, 6.45) is -4.82. The van der Waals surface area contributed by atoms with Crippen LogP contribution in [0.2, 0.25) is 0 Å². The van der Waals surface area contributed by atoms with Crippen molar-refractivity contribution in [3.8, 4) is 0 Å². The van der Waals surface area contributed by atoms with Crippen molar-refractivity contribution in [3.63, 3.8) is 0 Å². The number of likely N-dealkylation sites (N-methyl/N-ethyl adjacent to an activating group) is 1. The molecule has 6 nitrogen and oxygen atoms in total. The van der Waals surface area contributed by atoms with E-state index in [2.05, 4.69) is 0 Å². The van der Waals surface area contributed by atoms with E-state index >= 15 is 0 Å². The molecular weight excluding hydrogens is 337 g/mol. The summed E-state index contributed by atoms with van der Waals surface area (Å²) in [5.41, 5.74) is -1.26. The third-order valence-corrected chi connectivity index (χ3v) is 5.63. The monoisotopic (exact) mass is 352 g/mol. The van der Waals surface area contributed by atoms with Crippen LogP contribution in [0.5, 0.6) is 0 Å². The number of hydrogen-bond donors (Lipinski definition) is 1. The second-order valence-electron chi connectivity index (χ2n) is 5.19. The molecule has 0 aliphatic carbocycles. The first-order valence-corrected chi connectivity index (χ1v) is 8.08. The number of hydrogen-bond acceptors (Lipinski definition) is 4. The lowest BCUT2D eigenvalue weighted by atomic mass is 10.2. The smallest absolute Gasteiger partial charge is 0.417 e. The lowest BCUT2D eigenvalue weighted by molar-refractivity contribution is -0.144. The van der Waals surface area contributed by atoms with E-state index in [1.165, 1.54) is 18.0 Å². The molecule has 0 amide bonds. The highest BCUT2D eigenvalue weighted by Gasteiger charge is 2.41. The van der Waals surface area contributed by atoms with Crippen LogP contribution in [0.15, 0.2) is 29.2 Å². The van der Waals surface area contributed by atoms with E-state index in [4.69, 9.17) is 5.11 Å². The molecular formula is C13H15F3N2O4S. The number of benzene rings is 1. The minimum absolute atomic E-state index is 0.0746. The number of nitrogens with zero attached hydrogens (tertiary/aromatic N) is 2. The van der Waals surface area contributed by atoms with Gasteiger partial charge in [0.25, 0.3) is 0 Å². The minimum atomic E-state index is -4.82. The molecule has 128 valence electrons. The number of carboxylic acid groups (broad SMARTS) is 1. The van der Waals surface area contributed by atoms with E-state index in [1.807, 2.05) is 0 Å². The largest absolute Gasteiger partial charge is 0.480 e. The molecule has 0 spiro atoms.